The van der Waals surface area contributed by atoms with Gasteiger partial charge in [-0.2, -0.15) is 0 Å². The van der Waals surface area contributed by atoms with Gasteiger partial charge in [0.25, 0.3) is 5.91 Å². The Kier molecular flexibility index (Phi) is 7.60. The topological polar surface area (TPSA) is 67.8 Å². The van der Waals surface area contributed by atoms with Gasteiger partial charge in [0, 0.05) is 13.2 Å². The average molecular weight is 285 g/mol. The van der Waals surface area contributed by atoms with Gasteiger partial charge in [-0.05, 0) is 25.5 Å². The van der Waals surface area contributed by atoms with Crippen LogP contribution in [-0.4, -0.2) is 43.5 Å². The number of halogens is 1. The molecule has 0 fully saturated rings. The van der Waals surface area contributed by atoms with E-state index in [1.165, 1.54) is 12.1 Å². The number of nitrogens with one attached hydrogen (secondary N) is 1. The Morgan fingerprint density at radius 2 is 2.15 bits per heavy atom. The fourth-order valence-corrected chi connectivity index (χ4v) is 1.48. The molecule has 1 aromatic rings. The van der Waals surface area contributed by atoms with Gasteiger partial charge in [0.1, 0.15) is 0 Å². The number of benzene rings is 1. The van der Waals surface area contributed by atoms with Gasteiger partial charge in [0.15, 0.2) is 17.7 Å². The molecule has 0 spiro atoms. The average Bonchev–Trinajstić information content (AvgIpc) is 2.44. The minimum absolute atomic E-state index is 0.0140. The summed E-state index contributed by atoms with van der Waals surface area (Å²) in [6.45, 7) is 2.74. The van der Waals surface area contributed by atoms with Gasteiger partial charge in [0.05, 0.1) is 13.2 Å². The predicted octanol–water partition coefficient (Wildman–Crippen LogP) is 1.11. The zero-order valence-electron chi connectivity index (χ0n) is 11.5. The van der Waals surface area contributed by atoms with Crippen molar-refractivity contribution in [2.75, 3.05) is 26.4 Å². The Morgan fingerprint density at radius 3 is 2.85 bits per heavy atom. The van der Waals surface area contributed by atoms with Crippen LogP contribution in [0.2, 0.25) is 0 Å². The van der Waals surface area contributed by atoms with Crippen molar-refractivity contribution in [2.45, 2.75) is 19.4 Å². The quantitative estimate of drug-likeness (QED) is 0.667. The number of carbonyl (C=O) groups is 1. The van der Waals surface area contributed by atoms with E-state index >= 15 is 0 Å². The lowest BCUT2D eigenvalue weighted by Crippen LogP contribution is -2.37. The van der Waals surface area contributed by atoms with Crippen LogP contribution in [0.25, 0.3) is 0 Å². The third-order valence-electron chi connectivity index (χ3n) is 2.51. The molecule has 0 saturated heterocycles. The maximum absolute atomic E-state index is 13.3. The van der Waals surface area contributed by atoms with Crippen LogP contribution in [0.3, 0.4) is 0 Å². The molecule has 0 saturated carbocycles. The molecule has 1 amide bonds. The fourth-order valence-electron chi connectivity index (χ4n) is 1.48. The van der Waals surface area contributed by atoms with Crippen LogP contribution in [0.5, 0.6) is 5.75 Å². The normalized spacial score (nSPS) is 11.9. The van der Waals surface area contributed by atoms with Gasteiger partial charge in [-0.15, -0.1) is 0 Å². The van der Waals surface area contributed by atoms with Crippen molar-refractivity contribution in [1.82, 2.24) is 5.32 Å². The Hall–Kier alpha value is -1.66. The Labute approximate surface area is 117 Å². The Balaban J connectivity index is 2.24. The molecule has 1 atom stereocenters. The van der Waals surface area contributed by atoms with Crippen LogP contribution in [0.15, 0.2) is 24.3 Å². The summed E-state index contributed by atoms with van der Waals surface area (Å²) in [6.07, 6.45) is -0.136. The number of amides is 1. The van der Waals surface area contributed by atoms with Gasteiger partial charge in [-0.1, -0.05) is 12.1 Å². The molecule has 5 nitrogen and oxygen atoms in total. The molecule has 0 aliphatic rings. The molecular weight excluding hydrogens is 265 g/mol. The lowest BCUT2D eigenvalue weighted by Gasteiger charge is -2.15. The van der Waals surface area contributed by atoms with E-state index in [4.69, 9.17) is 14.6 Å². The van der Waals surface area contributed by atoms with Crippen molar-refractivity contribution in [3.8, 4) is 5.75 Å². The largest absolute Gasteiger partial charge is 0.478 e. The van der Waals surface area contributed by atoms with Gasteiger partial charge in [-0.3, -0.25) is 4.79 Å². The highest BCUT2D eigenvalue weighted by molar-refractivity contribution is 5.80. The van der Waals surface area contributed by atoms with Gasteiger partial charge in [0.2, 0.25) is 0 Å². The summed E-state index contributed by atoms with van der Waals surface area (Å²) < 4.78 is 23.7. The van der Waals surface area contributed by atoms with E-state index in [-0.39, 0.29) is 18.3 Å². The first-order chi connectivity index (χ1) is 9.65. The molecule has 0 aliphatic heterocycles. The number of ether oxygens (including phenoxy) is 2. The highest BCUT2D eigenvalue weighted by atomic mass is 19.1. The second kappa shape index (κ2) is 9.28. The number of carbonyl (C=O) groups excluding carboxylic acids is 1. The summed E-state index contributed by atoms with van der Waals surface area (Å²) >= 11 is 0. The highest BCUT2D eigenvalue weighted by Crippen LogP contribution is 2.16. The summed E-state index contributed by atoms with van der Waals surface area (Å²) in [6, 6.07) is 5.95. The second-order valence-corrected chi connectivity index (χ2v) is 4.17. The van der Waals surface area contributed by atoms with Crippen LogP contribution in [0.1, 0.15) is 13.3 Å². The maximum atomic E-state index is 13.3. The van der Waals surface area contributed by atoms with Gasteiger partial charge < -0.3 is 19.9 Å². The van der Waals surface area contributed by atoms with Crippen molar-refractivity contribution in [3.63, 3.8) is 0 Å². The lowest BCUT2D eigenvalue weighted by molar-refractivity contribution is -0.127. The number of aliphatic hydroxyl groups is 1. The summed E-state index contributed by atoms with van der Waals surface area (Å²) in [7, 11) is 0. The molecule has 2 N–H and O–H groups in total. The van der Waals surface area contributed by atoms with Crippen molar-refractivity contribution < 1.29 is 23.8 Å². The second-order valence-electron chi connectivity index (χ2n) is 4.17. The van der Waals surface area contributed by atoms with Gasteiger partial charge in [-0.25, -0.2) is 4.39 Å². The number of hydrogen-bond donors (Lipinski definition) is 2. The summed E-state index contributed by atoms with van der Waals surface area (Å²) in [5, 5.41) is 11.2. The summed E-state index contributed by atoms with van der Waals surface area (Å²) in [4.78, 5) is 11.7. The van der Waals surface area contributed by atoms with Crippen molar-refractivity contribution >= 4 is 5.91 Å². The highest BCUT2D eigenvalue weighted by Gasteiger charge is 2.15. The Bertz CT molecular complexity index is 414. The molecular formula is C14H20FNO4. The van der Waals surface area contributed by atoms with Crippen molar-refractivity contribution in [2.24, 2.45) is 0 Å². The SMILES string of the molecule is CC(Oc1ccccc1F)C(=O)NCCCOCCO. The first kappa shape index (κ1) is 16.4. The smallest absolute Gasteiger partial charge is 0.260 e. The third-order valence-corrected chi connectivity index (χ3v) is 2.51. The van der Waals surface area contributed by atoms with E-state index in [0.717, 1.165) is 0 Å². The molecule has 0 aliphatic carbocycles. The van der Waals surface area contributed by atoms with Crippen LogP contribution < -0.4 is 10.1 Å². The maximum Gasteiger partial charge on any atom is 0.260 e. The fraction of sp³-hybridized carbons (Fsp3) is 0.500. The molecule has 1 aromatic carbocycles. The van der Waals surface area contributed by atoms with Crippen molar-refractivity contribution in [1.29, 1.82) is 0 Å². The third kappa shape index (κ3) is 5.99. The van der Waals surface area contributed by atoms with E-state index in [2.05, 4.69) is 5.32 Å². The molecule has 20 heavy (non-hydrogen) atoms. The van der Waals surface area contributed by atoms with Crippen LogP contribution >= 0.6 is 0 Å². The molecule has 6 heteroatoms. The van der Waals surface area contributed by atoms with E-state index in [9.17, 15) is 9.18 Å². The lowest BCUT2D eigenvalue weighted by atomic mass is 10.3. The number of rotatable bonds is 9. The monoisotopic (exact) mass is 285 g/mol. The van der Waals surface area contributed by atoms with Crippen LogP contribution in [-0.2, 0) is 9.53 Å². The van der Waals surface area contributed by atoms with Crippen molar-refractivity contribution in [3.05, 3.63) is 30.1 Å². The zero-order chi connectivity index (χ0) is 14.8. The molecule has 0 aromatic heterocycles. The predicted molar refractivity (Wildman–Crippen MR) is 72.0 cm³/mol. The number of para-hydroxylation sites is 1. The number of hydrogen-bond acceptors (Lipinski definition) is 4. The number of aliphatic hydroxyl groups excluding tert-OH is 1. The summed E-state index contributed by atoms with van der Waals surface area (Å²) in [5.74, 6) is -0.749. The first-order valence-electron chi connectivity index (χ1n) is 6.52. The van der Waals surface area contributed by atoms with Gasteiger partial charge >= 0.3 is 0 Å². The van der Waals surface area contributed by atoms with E-state index < -0.39 is 11.9 Å². The standard InChI is InChI=1S/C14H20FNO4/c1-11(20-13-6-3-2-5-12(13)15)14(18)16-7-4-9-19-10-8-17/h2-3,5-6,11,17H,4,7-10H2,1H3,(H,16,18). The minimum Gasteiger partial charge on any atom is -0.478 e. The molecule has 0 bridgehead atoms. The first-order valence-corrected chi connectivity index (χ1v) is 6.52. The molecule has 112 valence electrons. The van der Waals surface area contributed by atoms with E-state index in [1.807, 2.05) is 0 Å². The molecule has 0 heterocycles. The molecule has 1 rings (SSSR count). The minimum atomic E-state index is -0.773. The molecule has 1 unspecified atom stereocenters. The molecule has 0 radical (unpaired) electrons. The van der Waals surface area contributed by atoms with E-state index in [1.54, 1.807) is 19.1 Å². The summed E-state index contributed by atoms with van der Waals surface area (Å²) in [5.41, 5.74) is 0. The Morgan fingerprint density at radius 1 is 1.40 bits per heavy atom. The zero-order valence-corrected chi connectivity index (χ0v) is 11.5. The van der Waals surface area contributed by atoms with E-state index in [0.29, 0.717) is 26.2 Å². The van der Waals surface area contributed by atoms with Crippen LogP contribution in [0.4, 0.5) is 4.39 Å². The van der Waals surface area contributed by atoms with Crippen LogP contribution in [0, 0.1) is 5.82 Å².